The summed E-state index contributed by atoms with van der Waals surface area (Å²) in [5, 5.41) is 8.93. The molecule has 0 heterocycles. The van der Waals surface area contributed by atoms with E-state index in [1.165, 1.54) is 12.8 Å². The fourth-order valence-electron chi connectivity index (χ4n) is 2.54. The molecule has 5 heteroatoms. The Morgan fingerprint density at radius 2 is 1.81 bits per heavy atom. The highest BCUT2D eigenvalue weighted by Crippen LogP contribution is 2.26. The van der Waals surface area contributed by atoms with Crippen LogP contribution in [0, 0.1) is 5.92 Å². The number of unbranched alkanes of at least 4 members (excludes halogenated alkanes) is 3. The lowest BCUT2D eigenvalue weighted by atomic mass is 9.87. The van der Waals surface area contributed by atoms with Crippen LogP contribution in [0.3, 0.4) is 0 Å². The Bertz CT molecular complexity index is 321. The standard InChI is InChI=1S/C16H28O5/c1-3-4-5-6-11-20-12(2)16(19)21-14-9-7-13(8-10-14)15(17)18/h12-14H,3-11H2,1-2H3,(H,17,18)/t12-,13?,14?/m1/s1. The second kappa shape index (κ2) is 9.77. The van der Waals surface area contributed by atoms with Crippen LogP contribution in [-0.2, 0) is 19.1 Å². The van der Waals surface area contributed by atoms with Gasteiger partial charge in [-0.3, -0.25) is 4.79 Å². The third-order valence-electron chi connectivity index (χ3n) is 4.00. The molecule has 0 radical (unpaired) electrons. The fourth-order valence-corrected chi connectivity index (χ4v) is 2.54. The normalized spacial score (nSPS) is 23.5. The molecule has 0 aromatic carbocycles. The third-order valence-corrected chi connectivity index (χ3v) is 4.00. The van der Waals surface area contributed by atoms with Gasteiger partial charge < -0.3 is 14.6 Å². The van der Waals surface area contributed by atoms with E-state index in [1.54, 1.807) is 6.92 Å². The maximum atomic E-state index is 11.9. The molecule has 0 aromatic rings. The van der Waals surface area contributed by atoms with Crippen molar-refractivity contribution in [1.29, 1.82) is 0 Å². The fraction of sp³-hybridized carbons (Fsp3) is 0.875. The minimum absolute atomic E-state index is 0.153. The number of hydrogen-bond acceptors (Lipinski definition) is 4. The van der Waals surface area contributed by atoms with E-state index < -0.39 is 12.1 Å². The Balaban J connectivity index is 2.16. The second-order valence-corrected chi connectivity index (χ2v) is 5.82. The number of aliphatic carboxylic acids is 1. The number of carbonyl (C=O) groups excluding carboxylic acids is 1. The molecule has 0 unspecified atom stereocenters. The first kappa shape index (κ1) is 18.0. The highest BCUT2D eigenvalue weighted by atomic mass is 16.6. The molecule has 1 rings (SSSR count). The highest BCUT2D eigenvalue weighted by molar-refractivity contribution is 5.74. The molecule has 1 aliphatic carbocycles. The average molecular weight is 300 g/mol. The predicted molar refractivity (Wildman–Crippen MR) is 79.0 cm³/mol. The molecular formula is C16H28O5. The van der Waals surface area contributed by atoms with Crippen LogP contribution < -0.4 is 0 Å². The Hall–Kier alpha value is -1.10. The van der Waals surface area contributed by atoms with Crippen LogP contribution in [0.5, 0.6) is 0 Å². The highest BCUT2D eigenvalue weighted by Gasteiger charge is 2.29. The van der Waals surface area contributed by atoms with E-state index in [1.807, 2.05) is 0 Å². The van der Waals surface area contributed by atoms with Gasteiger partial charge in [0, 0.05) is 6.61 Å². The lowest BCUT2D eigenvalue weighted by Crippen LogP contribution is -2.32. The lowest BCUT2D eigenvalue weighted by Gasteiger charge is -2.26. The van der Waals surface area contributed by atoms with E-state index in [2.05, 4.69) is 6.92 Å². The van der Waals surface area contributed by atoms with Crippen molar-refractivity contribution in [3.63, 3.8) is 0 Å². The van der Waals surface area contributed by atoms with E-state index in [4.69, 9.17) is 14.6 Å². The van der Waals surface area contributed by atoms with E-state index in [-0.39, 0.29) is 18.0 Å². The summed E-state index contributed by atoms with van der Waals surface area (Å²) in [7, 11) is 0. The minimum atomic E-state index is -0.747. The first-order valence-corrected chi connectivity index (χ1v) is 8.09. The molecule has 1 aliphatic rings. The van der Waals surface area contributed by atoms with Gasteiger partial charge in [-0.1, -0.05) is 26.2 Å². The average Bonchev–Trinajstić information content (AvgIpc) is 2.47. The molecule has 0 saturated heterocycles. The SMILES string of the molecule is CCCCCCO[C@H](C)C(=O)OC1CCC(C(=O)O)CC1. The van der Waals surface area contributed by atoms with Gasteiger partial charge in [0.1, 0.15) is 6.10 Å². The van der Waals surface area contributed by atoms with Crippen molar-refractivity contribution >= 4 is 11.9 Å². The molecule has 5 nitrogen and oxygen atoms in total. The molecule has 0 spiro atoms. The molecule has 1 saturated carbocycles. The number of carbonyl (C=O) groups is 2. The van der Waals surface area contributed by atoms with Gasteiger partial charge in [-0.05, 0) is 39.0 Å². The Labute approximate surface area is 127 Å². The lowest BCUT2D eigenvalue weighted by molar-refractivity contribution is -0.164. The minimum Gasteiger partial charge on any atom is -0.481 e. The first-order valence-electron chi connectivity index (χ1n) is 8.09. The second-order valence-electron chi connectivity index (χ2n) is 5.82. The topological polar surface area (TPSA) is 72.8 Å². The molecule has 0 aliphatic heterocycles. The van der Waals surface area contributed by atoms with Gasteiger partial charge in [0.25, 0.3) is 0 Å². The molecule has 1 atom stereocenters. The van der Waals surface area contributed by atoms with E-state index in [0.29, 0.717) is 32.3 Å². The molecule has 1 N–H and O–H groups in total. The molecule has 122 valence electrons. The Morgan fingerprint density at radius 3 is 2.38 bits per heavy atom. The van der Waals surface area contributed by atoms with Gasteiger partial charge in [0.05, 0.1) is 5.92 Å². The van der Waals surface area contributed by atoms with Crippen molar-refractivity contribution in [3.8, 4) is 0 Å². The summed E-state index contributed by atoms with van der Waals surface area (Å²) in [6.45, 7) is 4.45. The molecule has 0 bridgehead atoms. The van der Waals surface area contributed by atoms with Gasteiger partial charge in [-0.25, -0.2) is 4.79 Å². The number of esters is 1. The van der Waals surface area contributed by atoms with Crippen molar-refractivity contribution in [2.24, 2.45) is 5.92 Å². The van der Waals surface area contributed by atoms with Crippen molar-refractivity contribution in [1.82, 2.24) is 0 Å². The van der Waals surface area contributed by atoms with Crippen LogP contribution >= 0.6 is 0 Å². The van der Waals surface area contributed by atoms with Crippen LogP contribution in [0.4, 0.5) is 0 Å². The predicted octanol–water partition coefficient (Wildman–Crippen LogP) is 3.16. The van der Waals surface area contributed by atoms with Crippen LogP contribution in [-0.4, -0.2) is 35.9 Å². The van der Waals surface area contributed by atoms with Crippen molar-refractivity contribution in [2.75, 3.05) is 6.61 Å². The van der Waals surface area contributed by atoms with Gasteiger partial charge >= 0.3 is 11.9 Å². The summed E-state index contributed by atoms with van der Waals surface area (Å²) in [6.07, 6.45) is 6.19. The van der Waals surface area contributed by atoms with E-state index in [9.17, 15) is 9.59 Å². The summed E-state index contributed by atoms with van der Waals surface area (Å²) in [6, 6.07) is 0. The quantitative estimate of drug-likeness (QED) is 0.523. The number of carboxylic acids is 1. The number of ether oxygens (including phenoxy) is 2. The Morgan fingerprint density at radius 1 is 1.14 bits per heavy atom. The van der Waals surface area contributed by atoms with Gasteiger partial charge in [-0.15, -0.1) is 0 Å². The van der Waals surface area contributed by atoms with Crippen molar-refractivity contribution < 1.29 is 24.2 Å². The van der Waals surface area contributed by atoms with Gasteiger partial charge in [0.15, 0.2) is 6.10 Å². The van der Waals surface area contributed by atoms with Crippen LogP contribution in [0.15, 0.2) is 0 Å². The summed E-state index contributed by atoms with van der Waals surface area (Å²) >= 11 is 0. The number of carboxylic acid groups (broad SMARTS) is 1. The maximum absolute atomic E-state index is 11.9. The van der Waals surface area contributed by atoms with Crippen LogP contribution in [0.1, 0.15) is 65.2 Å². The molecule has 1 fully saturated rings. The summed E-state index contributed by atoms with van der Waals surface area (Å²) in [5.74, 6) is -1.36. The van der Waals surface area contributed by atoms with E-state index >= 15 is 0 Å². The zero-order valence-corrected chi connectivity index (χ0v) is 13.2. The first-order chi connectivity index (χ1) is 10.0. The van der Waals surface area contributed by atoms with E-state index in [0.717, 1.165) is 12.8 Å². The van der Waals surface area contributed by atoms with Crippen molar-refractivity contribution in [2.45, 2.75) is 77.4 Å². The monoisotopic (exact) mass is 300 g/mol. The molecular weight excluding hydrogens is 272 g/mol. The Kier molecular flexibility index (Phi) is 8.35. The van der Waals surface area contributed by atoms with Crippen molar-refractivity contribution in [3.05, 3.63) is 0 Å². The molecule has 0 aromatic heterocycles. The zero-order chi connectivity index (χ0) is 15.7. The van der Waals surface area contributed by atoms with Gasteiger partial charge in [0.2, 0.25) is 0 Å². The van der Waals surface area contributed by atoms with Crippen LogP contribution in [0.2, 0.25) is 0 Å². The molecule has 21 heavy (non-hydrogen) atoms. The number of rotatable bonds is 9. The smallest absolute Gasteiger partial charge is 0.335 e. The third kappa shape index (κ3) is 6.93. The largest absolute Gasteiger partial charge is 0.481 e. The number of hydrogen-bond donors (Lipinski definition) is 1. The summed E-state index contributed by atoms with van der Waals surface area (Å²) in [4.78, 5) is 22.7. The van der Waals surface area contributed by atoms with Gasteiger partial charge in [-0.2, -0.15) is 0 Å². The summed E-state index contributed by atoms with van der Waals surface area (Å²) < 4.78 is 10.9. The molecule has 0 amide bonds. The maximum Gasteiger partial charge on any atom is 0.335 e. The van der Waals surface area contributed by atoms with Crippen LogP contribution in [0.25, 0.3) is 0 Å². The summed E-state index contributed by atoms with van der Waals surface area (Å²) in [5.41, 5.74) is 0. The zero-order valence-electron chi connectivity index (χ0n) is 13.2.